The quantitative estimate of drug-likeness (QED) is 0.863. The minimum atomic E-state index is -0.768. The van der Waals surface area contributed by atoms with Crippen LogP contribution in [0.1, 0.15) is 40.9 Å². The van der Waals surface area contributed by atoms with Crippen LogP contribution in [0, 0.1) is 13.8 Å². The molecule has 2 aromatic carbocycles. The molecule has 0 aliphatic heterocycles. The number of aryl methyl sites for hydroxylation is 1. The van der Waals surface area contributed by atoms with E-state index in [1.807, 2.05) is 45.9 Å². The van der Waals surface area contributed by atoms with Crippen LogP contribution in [-0.2, 0) is 10.3 Å². The van der Waals surface area contributed by atoms with Gasteiger partial charge in [0.2, 0.25) is 0 Å². The third kappa shape index (κ3) is 3.07. The maximum absolute atomic E-state index is 12.3. The smallest absolute Gasteiger partial charge is 0.342 e. The van der Waals surface area contributed by atoms with Gasteiger partial charge in [0, 0.05) is 0 Å². The van der Waals surface area contributed by atoms with Crippen molar-refractivity contribution in [3.8, 4) is 5.75 Å². The fourth-order valence-corrected chi connectivity index (χ4v) is 2.39. The number of para-hydroxylation sites is 1. The molecule has 0 atom stereocenters. The first-order chi connectivity index (χ1) is 9.83. The fraction of sp³-hybridized carbons (Fsp3) is 0.278. The van der Waals surface area contributed by atoms with Gasteiger partial charge in [0.1, 0.15) is 16.9 Å². The molecule has 0 heterocycles. The van der Waals surface area contributed by atoms with E-state index in [9.17, 15) is 9.90 Å². The lowest BCUT2D eigenvalue weighted by Crippen LogP contribution is -2.27. The molecule has 0 amide bonds. The van der Waals surface area contributed by atoms with E-state index in [0.717, 1.165) is 16.7 Å². The Labute approximate surface area is 125 Å². The van der Waals surface area contributed by atoms with Gasteiger partial charge in [0.05, 0.1) is 0 Å². The molecule has 2 aromatic rings. The number of benzene rings is 2. The van der Waals surface area contributed by atoms with Crippen molar-refractivity contribution in [1.82, 2.24) is 0 Å². The molecule has 2 rings (SSSR count). The van der Waals surface area contributed by atoms with Gasteiger partial charge < -0.3 is 9.84 Å². The van der Waals surface area contributed by atoms with Crippen LogP contribution in [0.4, 0.5) is 0 Å². The van der Waals surface area contributed by atoms with Gasteiger partial charge in [0.25, 0.3) is 0 Å². The second kappa shape index (κ2) is 5.60. The summed E-state index contributed by atoms with van der Waals surface area (Å²) in [4.78, 5) is 12.3. The topological polar surface area (TPSA) is 46.5 Å². The second-order valence-electron chi connectivity index (χ2n) is 5.66. The summed E-state index contributed by atoms with van der Waals surface area (Å²) in [6.07, 6.45) is 0. The predicted octanol–water partition coefficient (Wildman–Crippen LogP) is 4.10. The summed E-state index contributed by atoms with van der Waals surface area (Å²) < 4.78 is 5.63. The molecular formula is C18H20O3. The van der Waals surface area contributed by atoms with Crippen LogP contribution in [-0.4, -0.2) is 11.1 Å². The zero-order valence-corrected chi connectivity index (χ0v) is 12.8. The zero-order chi connectivity index (χ0) is 15.6. The standard InChI is InChI=1S/C18H20O3/c1-12-8-7-10-15(13(12)2)18(3,4)21-17(20)14-9-5-6-11-16(14)19/h5-11,19H,1-4H3. The van der Waals surface area contributed by atoms with E-state index >= 15 is 0 Å². The maximum Gasteiger partial charge on any atom is 0.342 e. The zero-order valence-electron chi connectivity index (χ0n) is 12.8. The van der Waals surface area contributed by atoms with Crippen molar-refractivity contribution in [2.75, 3.05) is 0 Å². The lowest BCUT2D eigenvalue weighted by atomic mass is 9.91. The molecule has 3 nitrogen and oxygen atoms in total. The summed E-state index contributed by atoms with van der Waals surface area (Å²) in [6, 6.07) is 12.3. The highest BCUT2D eigenvalue weighted by Crippen LogP contribution is 2.31. The maximum atomic E-state index is 12.3. The Bertz CT molecular complexity index is 672. The molecule has 1 N–H and O–H groups in total. The second-order valence-corrected chi connectivity index (χ2v) is 5.66. The van der Waals surface area contributed by atoms with Crippen LogP contribution in [0.5, 0.6) is 5.75 Å². The number of ether oxygens (including phenoxy) is 1. The van der Waals surface area contributed by atoms with Crippen molar-refractivity contribution in [3.63, 3.8) is 0 Å². The Kier molecular flexibility index (Phi) is 4.03. The molecule has 0 aliphatic carbocycles. The SMILES string of the molecule is Cc1cccc(C(C)(C)OC(=O)c2ccccc2O)c1C. The number of phenolic OH excluding ortho intramolecular Hbond substituents is 1. The minimum absolute atomic E-state index is 0.0701. The van der Waals surface area contributed by atoms with Crippen LogP contribution >= 0.6 is 0 Å². The molecule has 0 fully saturated rings. The molecule has 0 unspecified atom stereocenters. The summed E-state index contributed by atoms with van der Waals surface area (Å²) >= 11 is 0. The molecule has 110 valence electrons. The molecule has 0 saturated heterocycles. The molecule has 0 bridgehead atoms. The van der Waals surface area contributed by atoms with Gasteiger partial charge in [-0.2, -0.15) is 0 Å². The summed E-state index contributed by atoms with van der Waals surface area (Å²) in [5, 5.41) is 9.75. The Balaban J connectivity index is 2.31. The molecule has 21 heavy (non-hydrogen) atoms. The molecular weight excluding hydrogens is 264 g/mol. The summed E-state index contributed by atoms with van der Waals surface area (Å²) in [5.41, 5.74) is 2.63. The summed E-state index contributed by atoms with van der Waals surface area (Å²) in [5.74, 6) is -0.599. The van der Waals surface area contributed by atoms with Crippen molar-refractivity contribution in [2.45, 2.75) is 33.3 Å². The summed E-state index contributed by atoms with van der Waals surface area (Å²) in [7, 11) is 0. The number of hydrogen-bond donors (Lipinski definition) is 1. The van der Waals surface area contributed by atoms with Crippen molar-refractivity contribution in [2.24, 2.45) is 0 Å². The van der Waals surface area contributed by atoms with E-state index < -0.39 is 11.6 Å². The normalized spacial score (nSPS) is 11.2. The Morgan fingerprint density at radius 3 is 2.38 bits per heavy atom. The molecule has 0 saturated carbocycles. The van der Waals surface area contributed by atoms with Gasteiger partial charge in [-0.1, -0.05) is 30.3 Å². The van der Waals surface area contributed by atoms with Crippen LogP contribution in [0.2, 0.25) is 0 Å². The van der Waals surface area contributed by atoms with Crippen LogP contribution in [0.15, 0.2) is 42.5 Å². The van der Waals surface area contributed by atoms with Gasteiger partial charge in [-0.3, -0.25) is 0 Å². The first-order valence-corrected chi connectivity index (χ1v) is 6.91. The van der Waals surface area contributed by atoms with Crippen molar-refractivity contribution >= 4 is 5.97 Å². The molecule has 0 aromatic heterocycles. The van der Waals surface area contributed by atoms with Crippen molar-refractivity contribution in [1.29, 1.82) is 0 Å². The Morgan fingerprint density at radius 2 is 1.71 bits per heavy atom. The Hall–Kier alpha value is -2.29. The van der Waals surface area contributed by atoms with E-state index in [4.69, 9.17) is 4.74 Å². The first-order valence-electron chi connectivity index (χ1n) is 6.91. The number of carbonyl (C=O) groups excluding carboxylic acids is 1. The third-order valence-electron chi connectivity index (χ3n) is 3.73. The Morgan fingerprint density at radius 1 is 1.05 bits per heavy atom. The lowest BCUT2D eigenvalue weighted by molar-refractivity contribution is -0.00364. The molecule has 0 radical (unpaired) electrons. The predicted molar refractivity (Wildman–Crippen MR) is 82.5 cm³/mol. The van der Waals surface area contributed by atoms with Gasteiger partial charge in [-0.25, -0.2) is 4.79 Å². The molecule has 0 spiro atoms. The molecule has 0 aliphatic rings. The number of carbonyl (C=O) groups is 1. The minimum Gasteiger partial charge on any atom is -0.507 e. The van der Waals surface area contributed by atoms with Gasteiger partial charge >= 0.3 is 5.97 Å². The fourth-order valence-electron chi connectivity index (χ4n) is 2.39. The largest absolute Gasteiger partial charge is 0.507 e. The number of rotatable bonds is 3. The van der Waals surface area contributed by atoms with Gasteiger partial charge in [-0.05, 0) is 56.5 Å². The lowest BCUT2D eigenvalue weighted by Gasteiger charge is -2.28. The average Bonchev–Trinajstić information content (AvgIpc) is 2.41. The van der Waals surface area contributed by atoms with E-state index in [1.165, 1.54) is 6.07 Å². The number of phenols is 1. The van der Waals surface area contributed by atoms with Crippen molar-refractivity contribution < 1.29 is 14.6 Å². The van der Waals surface area contributed by atoms with E-state index in [-0.39, 0.29) is 11.3 Å². The average molecular weight is 284 g/mol. The van der Waals surface area contributed by atoms with Gasteiger partial charge in [0.15, 0.2) is 0 Å². The highest BCUT2D eigenvalue weighted by Gasteiger charge is 2.28. The van der Waals surface area contributed by atoms with E-state index in [0.29, 0.717) is 0 Å². The number of esters is 1. The third-order valence-corrected chi connectivity index (χ3v) is 3.73. The monoisotopic (exact) mass is 284 g/mol. The van der Waals surface area contributed by atoms with Gasteiger partial charge in [-0.15, -0.1) is 0 Å². The van der Waals surface area contributed by atoms with Crippen LogP contribution in [0.25, 0.3) is 0 Å². The van der Waals surface area contributed by atoms with Crippen LogP contribution < -0.4 is 0 Å². The summed E-state index contributed by atoms with van der Waals surface area (Å²) in [6.45, 7) is 7.75. The highest BCUT2D eigenvalue weighted by atomic mass is 16.6. The van der Waals surface area contributed by atoms with Crippen molar-refractivity contribution in [3.05, 3.63) is 64.7 Å². The first kappa shape index (κ1) is 15.1. The van der Waals surface area contributed by atoms with E-state index in [2.05, 4.69) is 0 Å². The number of hydrogen-bond acceptors (Lipinski definition) is 3. The highest BCUT2D eigenvalue weighted by molar-refractivity contribution is 5.92. The van der Waals surface area contributed by atoms with E-state index in [1.54, 1.807) is 18.2 Å². The van der Waals surface area contributed by atoms with Crippen LogP contribution in [0.3, 0.4) is 0 Å². The number of aromatic hydroxyl groups is 1. The molecule has 3 heteroatoms.